The molecule has 7 heteroatoms. The number of amides is 2. The SMILES string of the molecule is CC(C)(NC(=O)c1nc(C2CC2)ncc1Br)C(N)=O. The van der Waals surface area contributed by atoms with E-state index in [-0.39, 0.29) is 5.69 Å². The Labute approximate surface area is 119 Å². The van der Waals surface area contributed by atoms with Crippen LogP contribution >= 0.6 is 15.9 Å². The van der Waals surface area contributed by atoms with Crippen molar-refractivity contribution in [3.8, 4) is 0 Å². The number of nitrogens with one attached hydrogen (secondary N) is 1. The van der Waals surface area contributed by atoms with Crippen LogP contribution in [-0.4, -0.2) is 27.3 Å². The zero-order valence-corrected chi connectivity index (χ0v) is 12.3. The molecule has 0 spiro atoms. The molecule has 0 unspecified atom stereocenters. The quantitative estimate of drug-likeness (QED) is 0.865. The molecular formula is C12H15BrN4O2. The molecule has 2 rings (SSSR count). The summed E-state index contributed by atoms with van der Waals surface area (Å²) in [6.07, 6.45) is 3.66. The zero-order valence-electron chi connectivity index (χ0n) is 10.7. The fourth-order valence-corrected chi connectivity index (χ4v) is 1.85. The molecule has 1 aliphatic carbocycles. The van der Waals surface area contributed by atoms with Gasteiger partial charge in [0.05, 0.1) is 4.47 Å². The molecule has 1 heterocycles. The standard InChI is InChI=1S/C12H15BrN4O2/c1-12(2,11(14)19)17-10(18)8-7(13)5-15-9(16-8)6-3-4-6/h5-6H,3-4H2,1-2H3,(H2,14,19)(H,17,18). The Hall–Kier alpha value is -1.50. The molecule has 1 fully saturated rings. The molecule has 102 valence electrons. The van der Waals surface area contributed by atoms with E-state index in [1.54, 1.807) is 20.0 Å². The Kier molecular flexibility index (Phi) is 3.58. The predicted octanol–water partition coefficient (Wildman–Crippen LogP) is 1.11. The van der Waals surface area contributed by atoms with E-state index in [0.717, 1.165) is 12.8 Å². The maximum absolute atomic E-state index is 12.1. The molecule has 0 bridgehead atoms. The minimum absolute atomic E-state index is 0.228. The minimum Gasteiger partial charge on any atom is -0.368 e. The van der Waals surface area contributed by atoms with Crippen LogP contribution in [0.25, 0.3) is 0 Å². The van der Waals surface area contributed by atoms with Crippen molar-refractivity contribution in [3.63, 3.8) is 0 Å². The van der Waals surface area contributed by atoms with Gasteiger partial charge in [-0.2, -0.15) is 0 Å². The van der Waals surface area contributed by atoms with Crippen molar-refractivity contribution in [2.24, 2.45) is 5.73 Å². The summed E-state index contributed by atoms with van der Waals surface area (Å²) in [6.45, 7) is 3.09. The minimum atomic E-state index is -1.12. The van der Waals surface area contributed by atoms with E-state index in [2.05, 4.69) is 31.2 Å². The summed E-state index contributed by atoms with van der Waals surface area (Å²) in [5.74, 6) is -0.0255. The summed E-state index contributed by atoms with van der Waals surface area (Å²) in [7, 11) is 0. The first-order chi connectivity index (χ1) is 8.81. The van der Waals surface area contributed by atoms with Gasteiger partial charge in [0.25, 0.3) is 5.91 Å². The molecule has 1 aliphatic rings. The molecule has 0 atom stereocenters. The molecule has 0 saturated heterocycles. The van der Waals surface area contributed by atoms with Crippen molar-refractivity contribution < 1.29 is 9.59 Å². The topological polar surface area (TPSA) is 98.0 Å². The molecule has 1 saturated carbocycles. The second kappa shape index (κ2) is 4.88. The van der Waals surface area contributed by atoms with Crippen LogP contribution in [0.2, 0.25) is 0 Å². The Morgan fingerprint density at radius 1 is 1.47 bits per heavy atom. The third kappa shape index (κ3) is 3.09. The third-order valence-electron chi connectivity index (χ3n) is 2.96. The van der Waals surface area contributed by atoms with Gasteiger partial charge in [0.1, 0.15) is 17.1 Å². The monoisotopic (exact) mass is 326 g/mol. The molecule has 19 heavy (non-hydrogen) atoms. The van der Waals surface area contributed by atoms with Crippen LogP contribution in [-0.2, 0) is 4.79 Å². The summed E-state index contributed by atoms with van der Waals surface area (Å²) < 4.78 is 0.495. The molecule has 1 aromatic heterocycles. The van der Waals surface area contributed by atoms with E-state index >= 15 is 0 Å². The second-order valence-electron chi connectivity index (χ2n) is 5.14. The zero-order chi connectivity index (χ0) is 14.2. The van der Waals surface area contributed by atoms with Gasteiger partial charge in [0, 0.05) is 12.1 Å². The Morgan fingerprint density at radius 3 is 2.63 bits per heavy atom. The maximum Gasteiger partial charge on any atom is 0.272 e. The molecule has 1 aromatic rings. The molecule has 3 N–H and O–H groups in total. The van der Waals surface area contributed by atoms with Gasteiger partial charge in [-0.1, -0.05) is 0 Å². The van der Waals surface area contributed by atoms with Gasteiger partial charge < -0.3 is 11.1 Å². The van der Waals surface area contributed by atoms with Gasteiger partial charge in [0.15, 0.2) is 0 Å². The molecule has 0 radical (unpaired) electrons. The van der Waals surface area contributed by atoms with E-state index < -0.39 is 17.4 Å². The summed E-state index contributed by atoms with van der Waals surface area (Å²) in [6, 6.07) is 0. The van der Waals surface area contributed by atoms with Crippen LogP contribution < -0.4 is 11.1 Å². The molecule has 6 nitrogen and oxygen atoms in total. The van der Waals surface area contributed by atoms with Crippen molar-refractivity contribution in [1.82, 2.24) is 15.3 Å². The first-order valence-corrected chi connectivity index (χ1v) is 6.75. The number of carbonyl (C=O) groups excluding carboxylic acids is 2. The Bertz CT molecular complexity index is 541. The molecule has 0 aromatic carbocycles. The van der Waals surface area contributed by atoms with Crippen molar-refractivity contribution in [3.05, 3.63) is 22.2 Å². The molecule has 2 amide bonds. The fraction of sp³-hybridized carbons (Fsp3) is 0.500. The third-order valence-corrected chi connectivity index (χ3v) is 3.54. The van der Waals surface area contributed by atoms with Crippen LogP contribution in [0.4, 0.5) is 0 Å². The lowest BCUT2D eigenvalue weighted by Crippen LogP contribution is -2.53. The van der Waals surface area contributed by atoms with E-state index in [9.17, 15) is 9.59 Å². The number of halogens is 1. The average Bonchev–Trinajstić information content (AvgIpc) is 3.12. The molecule has 0 aliphatic heterocycles. The fourth-order valence-electron chi connectivity index (χ4n) is 1.48. The number of carbonyl (C=O) groups is 2. The van der Waals surface area contributed by atoms with Crippen molar-refractivity contribution >= 4 is 27.7 Å². The van der Waals surface area contributed by atoms with Crippen LogP contribution in [0.1, 0.15) is 48.9 Å². The Morgan fingerprint density at radius 2 is 2.11 bits per heavy atom. The van der Waals surface area contributed by atoms with Crippen molar-refractivity contribution in [2.75, 3.05) is 0 Å². The van der Waals surface area contributed by atoms with E-state index in [1.807, 2.05) is 0 Å². The lowest BCUT2D eigenvalue weighted by molar-refractivity contribution is -0.122. The van der Waals surface area contributed by atoms with Gasteiger partial charge in [0.2, 0.25) is 5.91 Å². The largest absolute Gasteiger partial charge is 0.368 e. The number of hydrogen-bond acceptors (Lipinski definition) is 4. The van der Waals surface area contributed by atoms with Crippen LogP contribution in [0.3, 0.4) is 0 Å². The lowest BCUT2D eigenvalue weighted by atomic mass is 10.1. The first-order valence-electron chi connectivity index (χ1n) is 5.96. The maximum atomic E-state index is 12.1. The summed E-state index contributed by atoms with van der Waals surface area (Å²) in [5.41, 5.74) is 4.33. The highest BCUT2D eigenvalue weighted by Gasteiger charge is 2.31. The van der Waals surface area contributed by atoms with Gasteiger partial charge in [-0.3, -0.25) is 9.59 Å². The highest BCUT2D eigenvalue weighted by molar-refractivity contribution is 9.10. The number of hydrogen-bond donors (Lipinski definition) is 2. The number of nitrogens with two attached hydrogens (primary N) is 1. The van der Waals surface area contributed by atoms with Gasteiger partial charge in [-0.15, -0.1) is 0 Å². The highest BCUT2D eigenvalue weighted by Crippen LogP contribution is 2.38. The van der Waals surface area contributed by atoms with E-state index in [4.69, 9.17) is 5.73 Å². The average molecular weight is 327 g/mol. The van der Waals surface area contributed by atoms with Crippen LogP contribution in [0.5, 0.6) is 0 Å². The van der Waals surface area contributed by atoms with Crippen LogP contribution in [0, 0.1) is 0 Å². The number of rotatable bonds is 4. The van der Waals surface area contributed by atoms with Gasteiger partial charge in [-0.05, 0) is 42.6 Å². The number of primary amides is 1. The summed E-state index contributed by atoms with van der Waals surface area (Å²) in [5, 5.41) is 2.57. The van der Waals surface area contributed by atoms with Crippen LogP contribution in [0.15, 0.2) is 10.7 Å². The van der Waals surface area contributed by atoms with E-state index in [1.165, 1.54) is 0 Å². The summed E-state index contributed by atoms with van der Waals surface area (Å²) >= 11 is 3.24. The molecular weight excluding hydrogens is 312 g/mol. The van der Waals surface area contributed by atoms with Gasteiger partial charge in [-0.25, -0.2) is 9.97 Å². The van der Waals surface area contributed by atoms with E-state index in [0.29, 0.717) is 16.2 Å². The Balaban J connectivity index is 2.23. The van der Waals surface area contributed by atoms with Crippen molar-refractivity contribution in [1.29, 1.82) is 0 Å². The second-order valence-corrected chi connectivity index (χ2v) is 6.00. The highest BCUT2D eigenvalue weighted by atomic mass is 79.9. The number of aromatic nitrogens is 2. The van der Waals surface area contributed by atoms with Gasteiger partial charge >= 0.3 is 0 Å². The number of nitrogens with zero attached hydrogens (tertiary/aromatic N) is 2. The lowest BCUT2D eigenvalue weighted by Gasteiger charge is -2.22. The normalized spacial score (nSPS) is 15.1. The summed E-state index contributed by atoms with van der Waals surface area (Å²) in [4.78, 5) is 31.8. The first kappa shape index (κ1) is 13.9. The predicted molar refractivity (Wildman–Crippen MR) is 72.4 cm³/mol. The smallest absolute Gasteiger partial charge is 0.272 e. The van der Waals surface area contributed by atoms with Crippen molar-refractivity contribution in [2.45, 2.75) is 38.1 Å².